The van der Waals surface area contributed by atoms with Gasteiger partial charge in [-0.05, 0) is 36.4 Å². The summed E-state index contributed by atoms with van der Waals surface area (Å²) in [5, 5.41) is 3.30. The van der Waals surface area contributed by atoms with E-state index in [-0.39, 0.29) is 18.3 Å². The van der Waals surface area contributed by atoms with Gasteiger partial charge in [-0.3, -0.25) is 15.0 Å². The van der Waals surface area contributed by atoms with Crippen molar-refractivity contribution in [2.24, 2.45) is 5.84 Å². The van der Waals surface area contributed by atoms with E-state index in [1.165, 1.54) is 0 Å². The summed E-state index contributed by atoms with van der Waals surface area (Å²) in [6, 6.07) is 13.3. The van der Waals surface area contributed by atoms with Crippen molar-refractivity contribution in [2.75, 3.05) is 11.9 Å². The molecular formula is C15H14ClN3O3. The third-order valence-corrected chi connectivity index (χ3v) is 3.01. The van der Waals surface area contributed by atoms with Gasteiger partial charge in [0.15, 0.2) is 6.61 Å². The molecule has 0 bridgehead atoms. The van der Waals surface area contributed by atoms with Gasteiger partial charge in [0.1, 0.15) is 5.75 Å². The van der Waals surface area contributed by atoms with Gasteiger partial charge in [-0.25, -0.2) is 5.84 Å². The van der Waals surface area contributed by atoms with Crippen molar-refractivity contribution in [2.45, 2.75) is 0 Å². The number of nitrogens with two attached hydrogens (primary N) is 1. The molecule has 0 unspecified atom stereocenters. The highest BCUT2D eigenvalue weighted by Gasteiger charge is 2.13. The van der Waals surface area contributed by atoms with Crippen molar-refractivity contribution < 1.29 is 14.3 Å². The molecule has 2 amide bonds. The van der Waals surface area contributed by atoms with Crippen molar-refractivity contribution in [3.63, 3.8) is 0 Å². The molecule has 0 aliphatic carbocycles. The van der Waals surface area contributed by atoms with Crippen LogP contribution in [0.5, 0.6) is 5.75 Å². The Bertz CT molecular complexity index is 674. The topological polar surface area (TPSA) is 93.4 Å². The van der Waals surface area contributed by atoms with Crippen LogP contribution in [-0.2, 0) is 4.79 Å². The Morgan fingerprint density at radius 3 is 2.45 bits per heavy atom. The average Bonchev–Trinajstić information content (AvgIpc) is 2.55. The fourth-order valence-corrected chi connectivity index (χ4v) is 1.82. The van der Waals surface area contributed by atoms with Crippen molar-refractivity contribution >= 4 is 29.1 Å². The van der Waals surface area contributed by atoms with Gasteiger partial charge in [0, 0.05) is 10.7 Å². The second-order valence-electron chi connectivity index (χ2n) is 4.31. The van der Waals surface area contributed by atoms with Crippen LogP contribution in [0.4, 0.5) is 5.69 Å². The first-order valence-corrected chi connectivity index (χ1v) is 6.76. The molecule has 0 atom stereocenters. The molecule has 22 heavy (non-hydrogen) atoms. The lowest BCUT2D eigenvalue weighted by Gasteiger charge is -2.11. The Labute approximate surface area is 132 Å². The normalized spacial score (nSPS) is 9.91. The number of rotatable bonds is 5. The number of hydrazine groups is 1. The quantitative estimate of drug-likeness (QED) is 0.446. The van der Waals surface area contributed by atoms with Crippen LogP contribution < -0.4 is 21.3 Å². The third-order valence-electron chi connectivity index (χ3n) is 2.75. The Kier molecular flexibility index (Phi) is 5.35. The minimum atomic E-state index is -0.493. The van der Waals surface area contributed by atoms with Crippen LogP contribution in [0.2, 0.25) is 5.02 Å². The summed E-state index contributed by atoms with van der Waals surface area (Å²) in [5.74, 6) is 4.42. The number of nitrogens with one attached hydrogen (secondary N) is 2. The number of para-hydroxylation sites is 1. The molecule has 0 spiro atoms. The second-order valence-corrected chi connectivity index (χ2v) is 4.75. The van der Waals surface area contributed by atoms with E-state index in [0.717, 1.165) is 0 Å². The van der Waals surface area contributed by atoms with Gasteiger partial charge in [0.2, 0.25) is 0 Å². The van der Waals surface area contributed by atoms with E-state index in [1.807, 2.05) is 5.43 Å². The lowest BCUT2D eigenvalue weighted by Crippen LogP contribution is -2.34. The summed E-state index contributed by atoms with van der Waals surface area (Å²) < 4.78 is 5.29. The molecule has 114 valence electrons. The van der Waals surface area contributed by atoms with E-state index in [4.69, 9.17) is 22.2 Å². The first-order chi connectivity index (χ1) is 10.6. The summed E-state index contributed by atoms with van der Waals surface area (Å²) in [6.45, 7) is -0.276. The van der Waals surface area contributed by atoms with Crippen LogP contribution in [0.3, 0.4) is 0 Å². The number of benzene rings is 2. The molecular weight excluding hydrogens is 306 g/mol. The number of amides is 2. The van der Waals surface area contributed by atoms with Crippen LogP contribution in [0.15, 0.2) is 48.5 Å². The molecule has 0 fully saturated rings. The van der Waals surface area contributed by atoms with E-state index in [1.54, 1.807) is 48.5 Å². The molecule has 0 saturated carbocycles. The second kappa shape index (κ2) is 7.44. The van der Waals surface area contributed by atoms with E-state index in [2.05, 4.69) is 5.32 Å². The highest BCUT2D eigenvalue weighted by Crippen LogP contribution is 2.20. The van der Waals surface area contributed by atoms with E-state index >= 15 is 0 Å². The van der Waals surface area contributed by atoms with Gasteiger partial charge < -0.3 is 10.1 Å². The number of carbonyl (C=O) groups excluding carboxylic acids is 2. The van der Waals surface area contributed by atoms with Gasteiger partial charge in [-0.15, -0.1) is 0 Å². The van der Waals surface area contributed by atoms with Gasteiger partial charge >= 0.3 is 0 Å². The first kappa shape index (κ1) is 15.8. The van der Waals surface area contributed by atoms with E-state index < -0.39 is 5.91 Å². The molecule has 6 nitrogen and oxygen atoms in total. The third kappa shape index (κ3) is 4.21. The van der Waals surface area contributed by atoms with Crippen LogP contribution >= 0.6 is 11.6 Å². The lowest BCUT2D eigenvalue weighted by molar-refractivity contribution is -0.123. The number of anilines is 1. The molecule has 0 aromatic heterocycles. The zero-order valence-electron chi connectivity index (χ0n) is 11.5. The predicted octanol–water partition coefficient (Wildman–Crippen LogP) is 1.96. The number of hydrogen-bond acceptors (Lipinski definition) is 4. The van der Waals surface area contributed by atoms with E-state index in [0.29, 0.717) is 16.3 Å². The summed E-state index contributed by atoms with van der Waals surface area (Å²) in [7, 11) is 0. The highest BCUT2D eigenvalue weighted by atomic mass is 35.5. The number of ether oxygens (including phenoxy) is 1. The largest absolute Gasteiger partial charge is 0.483 e. The fraction of sp³-hybridized carbons (Fsp3) is 0.0667. The highest BCUT2D eigenvalue weighted by molar-refractivity contribution is 6.30. The predicted molar refractivity (Wildman–Crippen MR) is 83.7 cm³/mol. The molecule has 2 aromatic rings. The number of carbonyl (C=O) groups is 2. The minimum absolute atomic E-state index is 0.276. The van der Waals surface area contributed by atoms with Crippen LogP contribution in [0, 0.1) is 0 Å². The molecule has 4 N–H and O–H groups in total. The zero-order chi connectivity index (χ0) is 15.9. The molecule has 7 heteroatoms. The first-order valence-electron chi connectivity index (χ1n) is 6.38. The fourth-order valence-electron chi connectivity index (χ4n) is 1.70. The molecule has 2 rings (SSSR count). The molecule has 2 aromatic carbocycles. The summed E-state index contributed by atoms with van der Waals surface area (Å²) in [6.07, 6.45) is 0. The molecule has 0 saturated heterocycles. The van der Waals surface area contributed by atoms with Gasteiger partial charge in [-0.1, -0.05) is 23.7 Å². The molecule has 0 aliphatic heterocycles. The van der Waals surface area contributed by atoms with Crippen LogP contribution in [0.25, 0.3) is 0 Å². The molecule has 0 radical (unpaired) electrons. The Morgan fingerprint density at radius 2 is 1.77 bits per heavy atom. The summed E-state index contributed by atoms with van der Waals surface area (Å²) in [4.78, 5) is 23.4. The Balaban J connectivity index is 2.11. The van der Waals surface area contributed by atoms with Gasteiger partial charge in [0.25, 0.3) is 11.8 Å². The van der Waals surface area contributed by atoms with Crippen molar-refractivity contribution in [3.8, 4) is 5.75 Å². The van der Waals surface area contributed by atoms with E-state index in [9.17, 15) is 9.59 Å². The standard InChI is InChI=1S/C15H14ClN3O3/c16-10-5-7-11(8-6-10)18-15(21)12-3-1-2-4-13(12)22-9-14(20)19-17/h1-8H,9,17H2,(H,18,21)(H,19,20). The molecule has 0 aliphatic rings. The maximum atomic E-state index is 12.3. The van der Waals surface area contributed by atoms with Crippen molar-refractivity contribution in [1.82, 2.24) is 5.43 Å². The minimum Gasteiger partial charge on any atom is -0.483 e. The lowest BCUT2D eigenvalue weighted by atomic mass is 10.2. The maximum Gasteiger partial charge on any atom is 0.271 e. The number of hydrogen-bond donors (Lipinski definition) is 3. The smallest absolute Gasteiger partial charge is 0.271 e. The van der Waals surface area contributed by atoms with Crippen molar-refractivity contribution in [1.29, 1.82) is 0 Å². The van der Waals surface area contributed by atoms with Crippen molar-refractivity contribution in [3.05, 3.63) is 59.1 Å². The maximum absolute atomic E-state index is 12.3. The average molecular weight is 320 g/mol. The monoisotopic (exact) mass is 319 g/mol. The van der Waals surface area contributed by atoms with Gasteiger partial charge in [0.05, 0.1) is 5.56 Å². The molecule has 0 heterocycles. The Hall–Kier alpha value is -2.57. The zero-order valence-corrected chi connectivity index (χ0v) is 12.3. The van der Waals surface area contributed by atoms with Gasteiger partial charge in [-0.2, -0.15) is 0 Å². The SMILES string of the molecule is NNC(=O)COc1ccccc1C(=O)Nc1ccc(Cl)cc1. The summed E-state index contributed by atoms with van der Waals surface area (Å²) in [5.41, 5.74) is 2.86. The van der Waals surface area contributed by atoms with Crippen LogP contribution in [-0.4, -0.2) is 18.4 Å². The number of halogens is 1. The Morgan fingerprint density at radius 1 is 1.09 bits per heavy atom. The summed E-state index contributed by atoms with van der Waals surface area (Å²) >= 11 is 5.79. The van der Waals surface area contributed by atoms with Crippen LogP contribution in [0.1, 0.15) is 10.4 Å².